The molecule has 1 N–H and O–H groups in total. The largest absolute Gasteiger partial charge is 0.342 e. The van der Waals surface area contributed by atoms with Crippen molar-refractivity contribution in [3.63, 3.8) is 0 Å². The highest BCUT2D eigenvalue weighted by Crippen LogP contribution is 2.32. The molecule has 0 radical (unpaired) electrons. The second-order valence-electron chi connectivity index (χ2n) is 7.35. The second-order valence-corrected chi connectivity index (χ2v) is 8.33. The summed E-state index contributed by atoms with van der Waals surface area (Å²) in [6.45, 7) is 5.89. The summed E-state index contributed by atoms with van der Waals surface area (Å²) in [6.07, 6.45) is 0. The summed E-state index contributed by atoms with van der Waals surface area (Å²) < 4.78 is 16.1. The third kappa shape index (κ3) is 3.91. The molecule has 0 saturated heterocycles. The van der Waals surface area contributed by atoms with Crippen LogP contribution in [0.4, 0.5) is 15.2 Å². The third-order valence-corrected chi connectivity index (χ3v) is 6.06. The number of fused-ring (bicyclic) bond motifs is 1. The number of aryl methyl sites for hydroxylation is 3. The third-order valence-electron chi connectivity index (χ3n) is 4.79. The predicted octanol–water partition coefficient (Wildman–Crippen LogP) is 4.62. The van der Waals surface area contributed by atoms with E-state index in [0.717, 1.165) is 32.4 Å². The van der Waals surface area contributed by atoms with E-state index >= 15 is 0 Å². The summed E-state index contributed by atoms with van der Waals surface area (Å²) >= 11 is 1.51. The van der Waals surface area contributed by atoms with Gasteiger partial charge in [-0.2, -0.15) is 10.1 Å². The second kappa shape index (κ2) is 7.87. The maximum Gasteiger partial charge on any atom is 0.243 e. The number of carbonyl (C=O) groups is 1. The van der Waals surface area contributed by atoms with Crippen LogP contribution >= 0.6 is 11.3 Å². The van der Waals surface area contributed by atoms with Crippen molar-refractivity contribution < 1.29 is 9.18 Å². The summed E-state index contributed by atoms with van der Waals surface area (Å²) in [7, 11) is 1.83. The summed E-state index contributed by atoms with van der Waals surface area (Å²) in [4.78, 5) is 19.0. The van der Waals surface area contributed by atoms with Gasteiger partial charge in [0.05, 0.1) is 22.6 Å². The van der Waals surface area contributed by atoms with Crippen molar-refractivity contribution in [1.29, 1.82) is 0 Å². The number of benzene rings is 2. The monoisotopic (exact) mass is 423 g/mol. The first-order valence-electron chi connectivity index (χ1n) is 9.52. The van der Waals surface area contributed by atoms with Crippen molar-refractivity contribution in [2.75, 3.05) is 23.8 Å². The number of anilines is 2. The number of nitrogens with one attached hydrogen (secondary N) is 1. The minimum atomic E-state index is -0.324. The van der Waals surface area contributed by atoms with E-state index in [-0.39, 0.29) is 18.3 Å². The molecule has 0 fully saturated rings. The van der Waals surface area contributed by atoms with Crippen LogP contribution in [0.1, 0.15) is 16.8 Å². The minimum Gasteiger partial charge on any atom is -0.342 e. The molecule has 0 bridgehead atoms. The zero-order valence-electron chi connectivity index (χ0n) is 17.2. The fraction of sp³-hybridized carbons (Fsp3) is 0.227. The van der Waals surface area contributed by atoms with Crippen molar-refractivity contribution in [2.45, 2.75) is 20.8 Å². The molecule has 0 aliphatic heterocycles. The number of rotatable bonds is 5. The van der Waals surface area contributed by atoms with Gasteiger partial charge in [-0.05, 0) is 62.2 Å². The lowest BCUT2D eigenvalue weighted by Crippen LogP contribution is -2.30. The van der Waals surface area contributed by atoms with Gasteiger partial charge in [0.2, 0.25) is 5.91 Å². The van der Waals surface area contributed by atoms with Gasteiger partial charge in [0, 0.05) is 12.7 Å². The molecule has 0 aliphatic carbocycles. The summed E-state index contributed by atoms with van der Waals surface area (Å²) in [5.41, 5.74) is 5.06. The first kappa shape index (κ1) is 20.0. The Morgan fingerprint density at radius 2 is 2.00 bits per heavy atom. The lowest BCUT2D eigenvalue weighted by molar-refractivity contribution is -0.114. The number of carbonyl (C=O) groups excluding carboxylic acids is 1. The molecule has 30 heavy (non-hydrogen) atoms. The van der Waals surface area contributed by atoms with E-state index < -0.39 is 0 Å². The molecule has 6 nitrogen and oxygen atoms in total. The first-order valence-corrected chi connectivity index (χ1v) is 10.3. The highest BCUT2D eigenvalue weighted by molar-refractivity contribution is 7.22. The zero-order valence-corrected chi connectivity index (χ0v) is 18.0. The number of hydrogen-bond donors (Lipinski definition) is 1. The van der Waals surface area contributed by atoms with Gasteiger partial charge < -0.3 is 10.2 Å². The standard InChI is InChI=1S/C22H22FN5OS/c1-13-6-5-7-17(10-13)28-21-20(15(3)26-28)30-22(25-21)27(4)12-19(29)24-18-9-8-16(23)11-14(18)2/h5-11H,12H2,1-4H3,(H,24,29). The molecule has 4 rings (SSSR count). The van der Waals surface area contributed by atoms with Crippen molar-refractivity contribution in [3.05, 3.63) is 65.1 Å². The molecule has 4 aromatic rings. The van der Waals surface area contributed by atoms with E-state index in [9.17, 15) is 9.18 Å². The molecule has 0 saturated carbocycles. The van der Waals surface area contributed by atoms with Crippen molar-refractivity contribution in [1.82, 2.24) is 14.8 Å². The topological polar surface area (TPSA) is 63.1 Å². The van der Waals surface area contributed by atoms with Crippen molar-refractivity contribution in [2.24, 2.45) is 0 Å². The molecule has 2 aromatic heterocycles. The Morgan fingerprint density at radius 3 is 2.73 bits per heavy atom. The van der Waals surface area contributed by atoms with Crippen LogP contribution in [0.3, 0.4) is 0 Å². The van der Waals surface area contributed by atoms with Gasteiger partial charge in [-0.3, -0.25) is 4.79 Å². The zero-order chi connectivity index (χ0) is 21.4. The van der Waals surface area contributed by atoms with Gasteiger partial charge in [0.1, 0.15) is 5.82 Å². The molecule has 2 aromatic carbocycles. The van der Waals surface area contributed by atoms with Crippen LogP contribution < -0.4 is 10.2 Å². The quantitative estimate of drug-likeness (QED) is 0.509. The minimum absolute atomic E-state index is 0.129. The van der Waals surface area contributed by atoms with Gasteiger partial charge in [-0.25, -0.2) is 9.07 Å². The number of nitrogens with zero attached hydrogens (tertiary/aromatic N) is 4. The first-order chi connectivity index (χ1) is 14.3. The van der Waals surface area contributed by atoms with Crippen LogP contribution in [0.25, 0.3) is 16.0 Å². The average molecular weight is 424 g/mol. The number of halogens is 1. The van der Waals surface area contributed by atoms with E-state index in [4.69, 9.17) is 4.98 Å². The molecule has 1 amide bonds. The van der Waals surface area contributed by atoms with Crippen LogP contribution in [0.5, 0.6) is 0 Å². The van der Waals surface area contributed by atoms with Crippen LogP contribution in [-0.2, 0) is 4.79 Å². The Labute approximate surface area is 178 Å². The van der Waals surface area contributed by atoms with Crippen LogP contribution in [0.2, 0.25) is 0 Å². The van der Waals surface area contributed by atoms with Gasteiger partial charge in [-0.15, -0.1) is 0 Å². The SMILES string of the molecule is Cc1cccc(-n2nc(C)c3sc(N(C)CC(=O)Nc4ccc(F)cc4C)nc32)c1. The van der Waals surface area contributed by atoms with E-state index in [0.29, 0.717) is 11.3 Å². The highest BCUT2D eigenvalue weighted by Gasteiger charge is 2.18. The normalized spacial score (nSPS) is 11.1. The maximum atomic E-state index is 13.3. The van der Waals surface area contributed by atoms with Gasteiger partial charge in [-0.1, -0.05) is 23.5 Å². The Hall–Kier alpha value is -3.26. The summed E-state index contributed by atoms with van der Waals surface area (Å²) in [6, 6.07) is 12.4. The fourth-order valence-electron chi connectivity index (χ4n) is 3.27. The summed E-state index contributed by atoms with van der Waals surface area (Å²) in [5, 5.41) is 8.20. The molecular formula is C22H22FN5OS. The number of hydrogen-bond acceptors (Lipinski definition) is 5. The molecule has 0 unspecified atom stereocenters. The molecule has 8 heteroatoms. The lowest BCUT2D eigenvalue weighted by atomic mass is 10.2. The maximum absolute atomic E-state index is 13.3. The smallest absolute Gasteiger partial charge is 0.243 e. The average Bonchev–Trinajstić information content (AvgIpc) is 3.25. The van der Waals surface area contributed by atoms with Crippen LogP contribution in [0.15, 0.2) is 42.5 Å². The highest BCUT2D eigenvalue weighted by atomic mass is 32.1. The van der Waals surface area contributed by atoms with Gasteiger partial charge in [0.25, 0.3) is 0 Å². The fourth-order valence-corrected chi connectivity index (χ4v) is 4.21. The van der Waals surface area contributed by atoms with Crippen LogP contribution in [0, 0.1) is 26.6 Å². The van der Waals surface area contributed by atoms with Gasteiger partial charge >= 0.3 is 0 Å². The summed E-state index contributed by atoms with van der Waals surface area (Å²) in [5.74, 6) is -0.515. The Bertz CT molecular complexity index is 1250. The predicted molar refractivity (Wildman–Crippen MR) is 119 cm³/mol. The molecule has 0 atom stereocenters. The molecule has 154 valence electrons. The van der Waals surface area contributed by atoms with Crippen LogP contribution in [-0.4, -0.2) is 34.3 Å². The molecule has 2 heterocycles. The van der Waals surface area contributed by atoms with E-state index in [1.165, 1.54) is 23.5 Å². The molecular weight excluding hydrogens is 401 g/mol. The van der Waals surface area contributed by atoms with E-state index in [1.807, 2.05) is 43.8 Å². The lowest BCUT2D eigenvalue weighted by Gasteiger charge is -2.16. The Balaban J connectivity index is 1.55. The van der Waals surface area contributed by atoms with Gasteiger partial charge in [0.15, 0.2) is 10.8 Å². The van der Waals surface area contributed by atoms with E-state index in [1.54, 1.807) is 17.9 Å². The molecule has 0 spiro atoms. The number of amides is 1. The van der Waals surface area contributed by atoms with Crippen molar-refractivity contribution in [3.8, 4) is 5.69 Å². The number of aromatic nitrogens is 3. The number of likely N-dealkylation sites (N-methyl/N-ethyl adjacent to an activating group) is 1. The van der Waals surface area contributed by atoms with Crippen molar-refractivity contribution >= 4 is 38.4 Å². The van der Waals surface area contributed by atoms with E-state index in [2.05, 4.69) is 16.5 Å². The number of thiazole rings is 1. The molecule has 0 aliphatic rings. The Kier molecular flexibility index (Phi) is 5.26. The Morgan fingerprint density at radius 1 is 1.20 bits per heavy atom.